The lowest BCUT2D eigenvalue weighted by Crippen LogP contribution is -2.42. The molecule has 1 heterocycles. The van der Waals surface area contributed by atoms with Crippen molar-refractivity contribution < 1.29 is 28.5 Å². The predicted molar refractivity (Wildman–Crippen MR) is 136 cm³/mol. The Morgan fingerprint density at radius 1 is 0.857 bits per heavy atom. The van der Waals surface area contributed by atoms with Crippen molar-refractivity contribution in [2.75, 3.05) is 42.0 Å². The average Bonchev–Trinajstić information content (AvgIpc) is 3.25. The maximum Gasteiger partial charge on any atom is 0.343 e. The Labute approximate surface area is 208 Å². The second-order valence-corrected chi connectivity index (χ2v) is 8.49. The number of rotatable bonds is 7. The molecule has 0 bridgehead atoms. The fourth-order valence-corrected chi connectivity index (χ4v) is 5.08. The minimum absolute atomic E-state index is 0.0620. The van der Waals surface area contributed by atoms with Crippen LogP contribution in [0, 0.1) is 0 Å². The highest BCUT2D eigenvalue weighted by molar-refractivity contribution is 5.91. The number of hydrogen-bond donors (Lipinski definition) is 0. The molecular formula is C28H37NO6. The number of nitrogens with zero attached hydrogens (tertiary/aromatic N) is 1. The van der Waals surface area contributed by atoms with Crippen LogP contribution in [-0.2, 0) is 10.2 Å². The van der Waals surface area contributed by atoms with Crippen LogP contribution < -0.4 is 18.9 Å². The third kappa shape index (κ3) is 5.10. The molecule has 4 rings (SSSR count). The van der Waals surface area contributed by atoms with E-state index in [4.69, 9.17) is 23.7 Å². The van der Waals surface area contributed by atoms with Crippen LogP contribution in [0.5, 0.6) is 23.0 Å². The molecule has 1 fully saturated rings. The molecule has 0 radical (unpaired) electrons. The second-order valence-electron chi connectivity index (χ2n) is 8.49. The Morgan fingerprint density at radius 2 is 1.46 bits per heavy atom. The first-order valence-electron chi connectivity index (χ1n) is 12.0. The van der Waals surface area contributed by atoms with Gasteiger partial charge in [0.15, 0.2) is 23.0 Å². The van der Waals surface area contributed by atoms with Crippen LogP contribution in [-0.4, -0.2) is 58.9 Å². The highest BCUT2D eigenvalue weighted by Crippen LogP contribution is 2.49. The number of esters is 1. The summed E-state index contributed by atoms with van der Waals surface area (Å²) in [6.45, 7) is 4.96. The molecule has 7 nitrogen and oxygen atoms in total. The molecule has 1 saturated heterocycles. The molecule has 0 saturated carbocycles. The molecule has 35 heavy (non-hydrogen) atoms. The lowest BCUT2D eigenvalue weighted by molar-refractivity contribution is 0.0593. The van der Waals surface area contributed by atoms with Gasteiger partial charge in [0.05, 0.1) is 34.0 Å². The van der Waals surface area contributed by atoms with Gasteiger partial charge in [-0.05, 0) is 68.4 Å². The number of fused-ring (bicyclic) bond motifs is 1. The van der Waals surface area contributed by atoms with E-state index in [1.807, 2.05) is 19.9 Å². The molecule has 0 N–H and O–H groups in total. The highest BCUT2D eigenvalue weighted by Gasteiger charge is 2.48. The van der Waals surface area contributed by atoms with Crippen LogP contribution in [0.4, 0.5) is 0 Å². The maximum absolute atomic E-state index is 12.9. The Balaban J connectivity index is 0.00000167. The molecule has 0 amide bonds. The zero-order valence-corrected chi connectivity index (χ0v) is 21.8. The van der Waals surface area contributed by atoms with Gasteiger partial charge in [-0.3, -0.25) is 4.90 Å². The summed E-state index contributed by atoms with van der Waals surface area (Å²) in [5, 5.41) is 0. The molecule has 7 heteroatoms. The summed E-state index contributed by atoms with van der Waals surface area (Å²) in [5.41, 5.74) is 1.58. The van der Waals surface area contributed by atoms with E-state index < -0.39 is 5.97 Å². The van der Waals surface area contributed by atoms with E-state index >= 15 is 0 Å². The van der Waals surface area contributed by atoms with Crippen LogP contribution in [0.25, 0.3) is 0 Å². The smallest absolute Gasteiger partial charge is 0.343 e. The fourth-order valence-electron chi connectivity index (χ4n) is 5.08. The third-order valence-corrected chi connectivity index (χ3v) is 6.91. The van der Waals surface area contributed by atoms with E-state index in [1.165, 1.54) is 5.56 Å². The van der Waals surface area contributed by atoms with Crippen molar-refractivity contribution in [3.8, 4) is 23.0 Å². The molecule has 2 aromatic rings. The number of carbonyl (C=O) groups is 1. The molecular weight excluding hydrogens is 446 g/mol. The standard InChI is InChI=1S/C26H31NO6.C2H6/c1-27-13-12-26(18-7-9-21(30-3)23(15-18)32-5)11-10-19(16-24(26)27)33-25(28)17-6-8-20(29-2)22(14-17)31-4;1-2/h6-9,14-16,24H,10-13H2,1-5H3;1-2H3. The van der Waals surface area contributed by atoms with Gasteiger partial charge in [0.25, 0.3) is 0 Å². The molecule has 2 aliphatic rings. The summed E-state index contributed by atoms with van der Waals surface area (Å²) in [4.78, 5) is 15.2. The summed E-state index contributed by atoms with van der Waals surface area (Å²) in [5.74, 6) is 2.81. The van der Waals surface area contributed by atoms with Crippen molar-refractivity contribution in [2.45, 2.75) is 44.6 Å². The number of hydrogen-bond acceptors (Lipinski definition) is 7. The first-order valence-corrected chi connectivity index (χ1v) is 12.0. The molecule has 190 valence electrons. The van der Waals surface area contributed by atoms with Crippen LogP contribution >= 0.6 is 0 Å². The van der Waals surface area contributed by atoms with Crippen LogP contribution in [0.3, 0.4) is 0 Å². The van der Waals surface area contributed by atoms with Crippen molar-refractivity contribution in [2.24, 2.45) is 0 Å². The summed E-state index contributed by atoms with van der Waals surface area (Å²) in [6, 6.07) is 11.3. The van der Waals surface area contributed by atoms with Gasteiger partial charge < -0.3 is 23.7 Å². The number of likely N-dealkylation sites (N-methyl/N-ethyl adjacent to an activating group) is 1. The Hall–Kier alpha value is -3.19. The molecule has 1 aliphatic carbocycles. The minimum atomic E-state index is -0.401. The van der Waals surface area contributed by atoms with Gasteiger partial charge in [-0.2, -0.15) is 0 Å². The van der Waals surface area contributed by atoms with Gasteiger partial charge in [0, 0.05) is 17.9 Å². The van der Waals surface area contributed by atoms with Crippen molar-refractivity contribution in [3.63, 3.8) is 0 Å². The number of benzene rings is 2. The van der Waals surface area contributed by atoms with E-state index in [0.29, 0.717) is 29.2 Å². The van der Waals surface area contributed by atoms with Gasteiger partial charge in [-0.1, -0.05) is 19.9 Å². The van der Waals surface area contributed by atoms with Gasteiger partial charge in [0.1, 0.15) is 5.76 Å². The van der Waals surface area contributed by atoms with Crippen LogP contribution in [0.1, 0.15) is 49.0 Å². The number of allylic oxidation sites excluding steroid dienone is 1. The summed E-state index contributed by atoms with van der Waals surface area (Å²) >= 11 is 0. The lowest BCUT2D eigenvalue weighted by atomic mass is 9.68. The van der Waals surface area contributed by atoms with E-state index in [0.717, 1.165) is 30.9 Å². The molecule has 2 unspecified atom stereocenters. The molecule has 1 aliphatic heterocycles. The van der Waals surface area contributed by atoms with Crippen LogP contribution in [0.2, 0.25) is 0 Å². The average molecular weight is 484 g/mol. The van der Waals surface area contributed by atoms with E-state index in [2.05, 4.69) is 30.2 Å². The lowest BCUT2D eigenvalue weighted by Gasteiger charge is -2.40. The first kappa shape index (κ1) is 26.4. The summed E-state index contributed by atoms with van der Waals surface area (Å²) in [6.07, 6.45) is 4.68. The Kier molecular flexibility index (Phi) is 8.67. The SMILES string of the molecule is CC.COc1ccc(C(=O)OC2=CC3N(C)CCC3(c3ccc(OC)c(OC)c3)CC2)cc1OC. The predicted octanol–water partition coefficient (Wildman–Crippen LogP) is 5.22. The third-order valence-electron chi connectivity index (χ3n) is 6.91. The molecule has 0 aromatic heterocycles. The Bertz CT molecular complexity index is 1070. The number of likely N-dealkylation sites (tertiary alicyclic amines) is 1. The number of ether oxygens (including phenoxy) is 5. The molecule has 2 aromatic carbocycles. The molecule has 2 atom stereocenters. The maximum atomic E-state index is 12.9. The van der Waals surface area contributed by atoms with Crippen molar-refractivity contribution >= 4 is 5.97 Å². The van der Waals surface area contributed by atoms with E-state index in [9.17, 15) is 4.79 Å². The second kappa shape index (κ2) is 11.5. The monoisotopic (exact) mass is 483 g/mol. The minimum Gasteiger partial charge on any atom is -0.493 e. The van der Waals surface area contributed by atoms with Gasteiger partial charge in [0.2, 0.25) is 0 Å². The first-order chi connectivity index (χ1) is 16.9. The zero-order chi connectivity index (χ0) is 25.6. The van der Waals surface area contributed by atoms with Crippen molar-refractivity contribution in [3.05, 3.63) is 59.4 Å². The van der Waals surface area contributed by atoms with Gasteiger partial charge in [-0.25, -0.2) is 4.79 Å². The van der Waals surface area contributed by atoms with E-state index in [-0.39, 0.29) is 11.5 Å². The van der Waals surface area contributed by atoms with Gasteiger partial charge in [-0.15, -0.1) is 0 Å². The molecule has 0 spiro atoms. The largest absolute Gasteiger partial charge is 0.493 e. The quantitative estimate of drug-likeness (QED) is 0.500. The fraction of sp³-hybridized carbons (Fsp3) is 0.464. The number of carbonyl (C=O) groups excluding carboxylic acids is 1. The summed E-state index contributed by atoms with van der Waals surface area (Å²) in [7, 11) is 8.52. The zero-order valence-electron chi connectivity index (χ0n) is 21.8. The number of methoxy groups -OCH3 is 4. The van der Waals surface area contributed by atoms with Crippen molar-refractivity contribution in [1.82, 2.24) is 4.90 Å². The van der Waals surface area contributed by atoms with E-state index in [1.54, 1.807) is 46.6 Å². The Morgan fingerprint density at radius 3 is 2.09 bits per heavy atom. The van der Waals surface area contributed by atoms with Gasteiger partial charge >= 0.3 is 5.97 Å². The van der Waals surface area contributed by atoms with Crippen LogP contribution in [0.15, 0.2) is 48.2 Å². The highest BCUT2D eigenvalue weighted by atomic mass is 16.5. The summed E-state index contributed by atoms with van der Waals surface area (Å²) < 4.78 is 27.4. The topological polar surface area (TPSA) is 66.5 Å². The normalized spacial score (nSPS) is 21.1. The van der Waals surface area contributed by atoms with Crippen molar-refractivity contribution in [1.29, 1.82) is 0 Å².